The van der Waals surface area contributed by atoms with E-state index in [0.717, 1.165) is 47.2 Å². The number of rotatable bonds is 4. The van der Waals surface area contributed by atoms with Gasteiger partial charge in [-0.15, -0.1) is 0 Å². The fourth-order valence-electron chi connectivity index (χ4n) is 3.00. The molecule has 0 radical (unpaired) electrons. The van der Waals surface area contributed by atoms with Gasteiger partial charge in [0.25, 0.3) is 0 Å². The Kier molecular flexibility index (Phi) is 5.01. The summed E-state index contributed by atoms with van der Waals surface area (Å²) in [4.78, 5) is 14.2. The summed E-state index contributed by atoms with van der Waals surface area (Å²) in [6, 6.07) is 9.93. The lowest BCUT2D eigenvalue weighted by atomic mass is 10.1. The van der Waals surface area contributed by atoms with Gasteiger partial charge in [-0.25, -0.2) is 15.0 Å². The van der Waals surface area contributed by atoms with Crippen LogP contribution in [0.15, 0.2) is 36.5 Å². The van der Waals surface area contributed by atoms with Gasteiger partial charge < -0.3 is 16.4 Å². The molecule has 0 bridgehead atoms. The van der Waals surface area contributed by atoms with Crippen LogP contribution >= 0.6 is 22.9 Å². The molecule has 1 fully saturated rings. The van der Waals surface area contributed by atoms with E-state index < -0.39 is 0 Å². The minimum absolute atomic E-state index is 0.221. The van der Waals surface area contributed by atoms with Crippen molar-refractivity contribution in [2.75, 3.05) is 24.1 Å². The number of thiazole rings is 1. The van der Waals surface area contributed by atoms with Gasteiger partial charge in [0.05, 0.1) is 16.3 Å². The van der Waals surface area contributed by atoms with Crippen LogP contribution in [0.5, 0.6) is 0 Å². The Morgan fingerprint density at radius 2 is 1.92 bits per heavy atom. The second-order valence-corrected chi connectivity index (χ2v) is 7.61. The summed E-state index contributed by atoms with van der Waals surface area (Å²) in [5, 5.41) is 8.42. The molecule has 0 atom stereocenters. The minimum Gasteiger partial charge on any atom is -0.368 e. The number of nitrogen functional groups attached to an aromatic ring is 1. The predicted molar refractivity (Wildman–Crippen MR) is 108 cm³/mol. The third-order valence-electron chi connectivity index (χ3n) is 4.32. The number of aromatic nitrogens is 3. The molecule has 0 aliphatic carbocycles. The van der Waals surface area contributed by atoms with Crippen LogP contribution in [0.4, 0.5) is 11.1 Å². The number of halogens is 1. The normalized spacial score (nSPS) is 15.1. The van der Waals surface area contributed by atoms with Crippen molar-refractivity contribution < 1.29 is 0 Å². The predicted octanol–water partition coefficient (Wildman–Crippen LogP) is 3.67. The van der Waals surface area contributed by atoms with Gasteiger partial charge in [0, 0.05) is 22.8 Å². The molecule has 134 valence electrons. The van der Waals surface area contributed by atoms with E-state index >= 15 is 0 Å². The molecule has 0 saturated carbocycles. The number of benzene rings is 1. The largest absolute Gasteiger partial charge is 0.368 e. The van der Waals surface area contributed by atoms with E-state index in [2.05, 4.69) is 25.6 Å². The number of hydrogen-bond donors (Lipinski definition) is 3. The van der Waals surface area contributed by atoms with Crippen LogP contribution in [0.25, 0.3) is 21.8 Å². The van der Waals surface area contributed by atoms with Gasteiger partial charge in [0.15, 0.2) is 5.13 Å². The fourth-order valence-corrected chi connectivity index (χ4v) is 4.09. The van der Waals surface area contributed by atoms with E-state index in [1.54, 1.807) is 11.3 Å². The molecular formula is C18H19ClN6S. The summed E-state index contributed by atoms with van der Waals surface area (Å²) < 4.78 is 0. The Labute approximate surface area is 160 Å². The molecule has 1 aliphatic rings. The Morgan fingerprint density at radius 1 is 1.15 bits per heavy atom. The highest BCUT2D eigenvalue weighted by molar-refractivity contribution is 7.18. The monoisotopic (exact) mass is 386 g/mol. The smallest absolute Gasteiger partial charge is 0.221 e. The highest BCUT2D eigenvalue weighted by Gasteiger charge is 2.16. The second kappa shape index (κ2) is 7.57. The number of piperidine rings is 1. The zero-order chi connectivity index (χ0) is 17.9. The number of anilines is 2. The molecule has 8 heteroatoms. The molecule has 0 spiro atoms. The van der Waals surface area contributed by atoms with Gasteiger partial charge in [-0.3, -0.25) is 0 Å². The van der Waals surface area contributed by atoms with Gasteiger partial charge in [0.1, 0.15) is 0 Å². The fraction of sp³-hybridized carbons (Fsp3) is 0.278. The SMILES string of the molecule is Nc1nc(-c2cnc(NC3CCNCC3)s2)cc(-c2ccccc2Cl)n1. The molecular weight excluding hydrogens is 368 g/mol. The topological polar surface area (TPSA) is 88.8 Å². The lowest BCUT2D eigenvalue weighted by Gasteiger charge is -2.23. The highest BCUT2D eigenvalue weighted by atomic mass is 35.5. The summed E-state index contributed by atoms with van der Waals surface area (Å²) in [6.07, 6.45) is 4.03. The van der Waals surface area contributed by atoms with Crippen molar-refractivity contribution in [2.24, 2.45) is 0 Å². The standard InChI is InChI=1S/C18H19ClN6S/c19-13-4-2-1-3-12(13)14-9-15(25-17(20)24-14)16-10-22-18(26-16)23-11-5-7-21-8-6-11/h1-4,9-11,21H,5-8H2,(H,22,23)(H2,20,24,25). The number of nitrogens with zero attached hydrogens (tertiary/aromatic N) is 3. The van der Waals surface area contributed by atoms with Crippen molar-refractivity contribution in [3.05, 3.63) is 41.6 Å². The van der Waals surface area contributed by atoms with Crippen LogP contribution in [-0.4, -0.2) is 34.1 Å². The first kappa shape index (κ1) is 17.2. The van der Waals surface area contributed by atoms with Gasteiger partial charge in [-0.05, 0) is 38.1 Å². The second-order valence-electron chi connectivity index (χ2n) is 6.17. The summed E-state index contributed by atoms with van der Waals surface area (Å²) >= 11 is 7.87. The number of nitrogens with one attached hydrogen (secondary N) is 2. The summed E-state index contributed by atoms with van der Waals surface area (Å²) in [5.74, 6) is 0.221. The number of hydrogen-bond acceptors (Lipinski definition) is 7. The molecule has 2 aromatic heterocycles. The van der Waals surface area contributed by atoms with Crippen molar-refractivity contribution in [1.82, 2.24) is 20.3 Å². The van der Waals surface area contributed by atoms with Crippen LogP contribution in [0.1, 0.15) is 12.8 Å². The molecule has 1 aromatic carbocycles. The van der Waals surface area contributed by atoms with E-state index in [1.807, 2.05) is 36.5 Å². The lowest BCUT2D eigenvalue weighted by molar-refractivity contribution is 0.479. The Balaban J connectivity index is 1.61. The van der Waals surface area contributed by atoms with Crippen molar-refractivity contribution in [1.29, 1.82) is 0 Å². The summed E-state index contributed by atoms with van der Waals surface area (Å²) in [7, 11) is 0. The zero-order valence-corrected chi connectivity index (χ0v) is 15.6. The molecule has 3 aromatic rings. The first-order valence-corrected chi connectivity index (χ1v) is 9.71. The Morgan fingerprint density at radius 3 is 2.73 bits per heavy atom. The van der Waals surface area contributed by atoms with Crippen LogP contribution in [0.3, 0.4) is 0 Å². The van der Waals surface area contributed by atoms with Crippen molar-refractivity contribution in [2.45, 2.75) is 18.9 Å². The molecule has 3 heterocycles. The maximum absolute atomic E-state index is 6.30. The first-order chi connectivity index (χ1) is 12.7. The molecule has 1 saturated heterocycles. The van der Waals surface area contributed by atoms with Gasteiger partial charge in [0.2, 0.25) is 5.95 Å². The van der Waals surface area contributed by atoms with Crippen molar-refractivity contribution in [3.63, 3.8) is 0 Å². The number of nitrogens with two attached hydrogens (primary N) is 1. The molecule has 4 rings (SSSR count). The lowest BCUT2D eigenvalue weighted by Crippen LogP contribution is -2.35. The molecule has 0 unspecified atom stereocenters. The molecule has 4 N–H and O–H groups in total. The molecule has 6 nitrogen and oxygen atoms in total. The van der Waals surface area contributed by atoms with E-state index in [-0.39, 0.29) is 5.95 Å². The molecule has 1 aliphatic heterocycles. The van der Waals surface area contributed by atoms with Crippen LogP contribution in [0, 0.1) is 0 Å². The minimum atomic E-state index is 0.221. The van der Waals surface area contributed by atoms with Crippen molar-refractivity contribution in [3.8, 4) is 21.8 Å². The van der Waals surface area contributed by atoms with Gasteiger partial charge in [-0.2, -0.15) is 0 Å². The van der Waals surface area contributed by atoms with Crippen LogP contribution in [-0.2, 0) is 0 Å². The van der Waals surface area contributed by atoms with E-state index in [4.69, 9.17) is 17.3 Å². The van der Waals surface area contributed by atoms with E-state index in [9.17, 15) is 0 Å². The third kappa shape index (κ3) is 3.80. The quantitative estimate of drug-likeness (QED) is 0.634. The molecule has 26 heavy (non-hydrogen) atoms. The van der Waals surface area contributed by atoms with Crippen LogP contribution < -0.4 is 16.4 Å². The highest BCUT2D eigenvalue weighted by Crippen LogP contribution is 2.33. The van der Waals surface area contributed by atoms with Crippen LogP contribution in [0.2, 0.25) is 5.02 Å². The maximum atomic E-state index is 6.30. The maximum Gasteiger partial charge on any atom is 0.221 e. The average Bonchev–Trinajstić information content (AvgIpc) is 3.11. The summed E-state index contributed by atoms with van der Waals surface area (Å²) in [6.45, 7) is 2.08. The average molecular weight is 387 g/mol. The van der Waals surface area contributed by atoms with E-state index in [0.29, 0.717) is 16.8 Å². The first-order valence-electron chi connectivity index (χ1n) is 8.52. The third-order valence-corrected chi connectivity index (χ3v) is 5.60. The Hall–Kier alpha value is -2.22. The van der Waals surface area contributed by atoms with Gasteiger partial charge in [-0.1, -0.05) is 41.1 Å². The van der Waals surface area contributed by atoms with Crippen molar-refractivity contribution >= 4 is 34.0 Å². The summed E-state index contributed by atoms with van der Waals surface area (Å²) in [5.41, 5.74) is 8.23. The molecule has 0 amide bonds. The zero-order valence-electron chi connectivity index (χ0n) is 14.1. The Bertz CT molecular complexity index is 906. The van der Waals surface area contributed by atoms with E-state index in [1.165, 1.54) is 0 Å². The van der Waals surface area contributed by atoms with Gasteiger partial charge >= 0.3 is 0 Å².